The molecule has 1 heterocycles. The standard InChI is InChI=1S/C12H9ClN4O2S/c1-7-15-16-12(20-6-11(18)19)17(7)9-3-2-8(5-14)10(13)4-9/h2-4H,6H2,1H3,(H,18,19). The van der Waals surface area contributed by atoms with Crippen LogP contribution in [-0.2, 0) is 4.79 Å². The lowest BCUT2D eigenvalue weighted by molar-refractivity contribution is -0.133. The second-order valence-electron chi connectivity index (χ2n) is 3.82. The first-order chi connectivity index (χ1) is 9.52. The third kappa shape index (κ3) is 2.92. The first-order valence-electron chi connectivity index (χ1n) is 5.49. The van der Waals surface area contributed by atoms with Gasteiger partial charge in [0.2, 0.25) is 0 Å². The largest absolute Gasteiger partial charge is 0.481 e. The number of nitriles is 1. The molecule has 20 heavy (non-hydrogen) atoms. The summed E-state index contributed by atoms with van der Waals surface area (Å²) in [5.41, 5.74) is 1.06. The van der Waals surface area contributed by atoms with Crippen LogP contribution in [0.25, 0.3) is 5.69 Å². The van der Waals surface area contributed by atoms with Crippen molar-refractivity contribution in [1.82, 2.24) is 14.8 Å². The summed E-state index contributed by atoms with van der Waals surface area (Å²) in [5.74, 6) is -0.430. The van der Waals surface area contributed by atoms with Crippen molar-refractivity contribution >= 4 is 29.3 Å². The summed E-state index contributed by atoms with van der Waals surface area (Å²) in [5, 5.41) is 26.2. The van der Waals surface area contributed by atoms with Gasteiger partial charge in [-0.2, -0.15) is 5.26 Å². The summed E-state index contributed by atoms with van der Waals surface area (Å²) in [6.07, 6.45) is 0. The first-order valence-corrected chi connectivity index (χ1v) is 6.86. The van der Waals surface area contributed by atoms with Crippen molar-refractivity contribution in [3.05, 3.63) is 34.6 Å². The van der Waals surface area contributed by atoms with Gasteiger partial charge in [-0.25, -0.2) is 0 Å². The van der Waals surface area contributed by atoms with E-state index in [1.54, 1.807) is 29.7 Å². The monoisotopic (exact) mass is 308 g/mol. The summed E-state index contributed by atoms with van der Waals surface area (Å²) in [7, 11) is 0. The third-order valence-electron chi connectivity index (χ3n) is 2.45. The smallest absolute Gasteiger partial charge is 0.313 e. The van der Waals surface area contributed by atoms with E-state index >= 15 is 0 Å². The molecule has 0 fully saturated rings. The Bertz CT molecular complexity index is 708. The molecule has 0 aliphatic carbocycles. The first kappa shape index (κ1) is 14.4. The molecular weight excluding hydrogens is 300 g/mol. The van der Waals surface area contributed by atoms with Gasteiger partial charge in [-0.05, 0) is 25.1 Å². The van der Waals surface area contributed by atoms with Crippen molar-refractivity contribution in [3.63, 3.8) is 0 Å². The molecule has 0 aliphatic rings. The fourth-order valence-electron chi connectivity index (χ4n) is 1.59. The molecule has 0 atom stereocenters. The second kappa shape index (κ2) is 5.94. The van der Waals surface area contributed by atoms with Gasteiger partial charge in [-0.3, -0.25) is 9.36 Å². The van der Waals surface area contributed by atoms with Gasteiger partial charge < -0.3 is 5.11 Å². The summed E-state index contributed by atoms with van der Waals surface area (Å²) in [6.45, 7) is 1.75. The summed E-state index contributed by atoms with van der Waals surface area (Å²) >= 11 is 7.07. The molecule has 0 saturated heterocycles. The van der Waals surface area contributed by atoms with Gasteiger partial charge in [-0.1, -0.05) is 23.4 Å². The minimum absolute atomic E-state index is 0.109. The highest BCUT2D eigenvalue weighted by Gasteiger charge is 2.14. The van der Waals surface area contributed by atoms with Gasteiger partial charge in [-0.15, -0.1) is 10.2 Å². The van der Waals surface area contributed by atoms with Gasteiger partial charge in [0.15, 0.2) is 5.16 Å². The van der Waals surface area contributed by atoms with Crippen LogP contribution in [0, 0.1) is 18.3 Å². The molecule has 1 aromatic heterocycles. The van der Waals surface area contributed by atoms with E-state index in [4.69, 9.17) is 22.0 Å². The lowest BCUT2D eigenvalue weighted by Crippen LogP contribution is -2.03. The molecule has 102 valence electrons. The molecule has 8 heteroatoms. The number of aromatic nitrogens is 3. The van der Waals surface area contributed by atoms with E-state index in [1.165, 1.54) is 0 Å². The van der Waals surface area contributed by atoms with Crippen LogP contribution in [0.5, 0.6) is 0 Å². The Morgan fingerprint density at radius 3 is 2.90 bits per heavy atom. The number of thioether (sulfide) groups is 1. The molecule has 0 saturated carbocycles. The predicted molar refractivity (Wildman–Crippen MR) is 74.2 cm³/mol. The molecule has 1 aromatic carbocycles. The minimum atomic E-state index is -0.930. The topological polar surface area (TPSA) is 91.8 Å². The Balaban J connectivity index is 2.42. The molecule has 0 bridgehead atoms. The average Bonchev–Trinajstić information content (AvgIpc) is 2.77. The fraction of sp³-hybridized carbons (Fsp3) is 0.167. The number of aryl methyl sites for hydroxylation is 1. The number of benzene rings is 1. The van der Waals surface area contributed by atoms with E-state index in [-0.39, 0.29) is 5.75 Å². The molecule has 6 nitrogen and oxygen atoms in total. The summed E-state index contributed by atoms with van der Waals surface area (Å²) < 4.78 is 1.70. The minimum Gasteiger partial charge on any atom is -0.481 e. The highest BCUT2D eigenvalue weighted by atomic mass is 35.5. The van der Waals surface area contributed by atoms with Crippen molar-refractivity contribution in [3.8, 4) is 11.8 Å². The summed E-state index contributed by atoms with van der Waals surface area (Å²) in [6, 6.07) is 6.92. The van der Waals surface area contributed by atoms with E-state index in [9.17, 15) is 4.79 Å². The maximum absolute atomic E-state index is 10.6. The van der Waals surface area contributed by atoms with Crippen LogP contribution in [0.1, 0.15) is 11.4 Å². The number of nitrogens with zero attached hydrogens (tertiary/aromatic N) is 4. The van der Waals surface area contributed by atoms with Gasteiger partial charge in [0.25, 0.3) is 0 Å². The molecule has 0 unspecified atom stereocenters. The van der Waals surface area contributed by atoms with Gasteiger partial charge in [0.1, 0.15) is 11.9 Å². The van der Waals surface area contributed by atoms with Gasteiger partial charge >= 0.3 is 5.97 Å². The maximum Gasteiger partial charge on any atom is 0.313 e. The zero-order valence-corrected chi connectivity index (χ0v) is 11.9. The second-order valence-corrected chi connectivity index (χ2v) is 5.17. The van der Waals surface area contributed by atoms with Crippen molar-refractivity contribution in [1.29, 1.82) is 5.26 Å². The summed E-state index contributed by atoms with van der Waals surface area (Å²) in [4.78, 5) is 10.6. The number of hydrogen-bond acceptors (Lipinski definition) is 5. The SMILES string of the molecule is Cc1nnc(SCC(=O)O)n1-c1ccc(C#N)c(Cl)c1. The lowest BCUT2D eigenvalue weighted by Gasteiger charge is -2.08. The number of halogens is 1. The van der Waals surface area contributed by atoms with Gasteiger partial charge in [0.05, 0.1) is 22.0 Å². The highest BCUT2D eigenvalue weighted by Crippen LogP contribution is 2.25. The lowest BCUT2D eigenvalue weighted by atomic mass is 10.2. The van der Waals surface area contributed by atoms with Crippen molar-refractivity contribution in [2.24, 2.45) is 0 Å². The number of carboxylic acid groups (broad SMARTS) is 1. The average molecular weight is 309 g/mol. The van der Waals surface area contributed by atoms with Crippen LogP contribution in [0.4, 0.5) is 0 Å². The molecular formula is C12H9ClN4O2S. The number of rotatable bonds is 4. The third-order valence-corrected chi connectivity index (χ3v) is 3.68. The Hall–Kier alpha value is -2.04. The van der Waals surface area contributed by atoms with Crippen LogP contribution >= 0.6 is 23.4 Å². The molecule has 0 aliphatic heterocycles. The van der Waals surface area contributed by atoms with E-state index in [1.807, 2.05) is 6.07 Å². The fourth-order valence-corrected chi connectivity index (χ4v) is 2.53. The number of hydrogen-bond donors (Lipinski definition) is 1. The van der Waals surface area contributed by atoms with Crippen LogP contribution in [0.15, 0.2) is 23.4 Å². The van der Waals surface area contributed by atoms with E-state index < -0.39 is 5.97 Å². The normalized spacial score (nSPS) is 10.2. The van der Waals surface area contributed by atoms with Gasteiger partial charge in [0, 0.05) is 0 Å². The Morgan fingerprint density at radius 2 is 2.30 bits per heavy atom. The van der Waals surface area contributed by atoms with Crippen LogP contribution in [-0.4, -0.2) is 31.6 Å². The van der Waals surface area contributed by atoms with E-state index in [2.05, 4.69) is 10.2 Å². The quantitative estimate of drug-likeness (QED) is 0.871. The molecule has 2 rings (SSSR count). The van der Waals surface area contributed by atoms with Crippen molar-refractivity contribution in [2.75, 3.05) is 5.75 Å². The highest BCUT2D eigenvalue weighted by molar-refractivity contribution is 7.99. The van der Waals surface area contributed by atoms with Crippen LogP contribution in [0.2, 0.25) is 5.02 Å². The molecule has 0 radical (unpaired) electrons. The molecule has 0 spiro atoms. The molecule has 0 amide bonds. The number of carbonyl (C=O) groups is 1. The maximum atomic E-state index is 10.6. The number of carboxylic acids is 1. The Labute approximate surface area is 124 Å². The van der Waals surface area contributed by atoms with Crippen molar-refractivity contribution < 1.29 is 9.90 Å². The predicted octanol–water partition coefficient (Wildman–Crippen LogP) is 2.28. The van der Waals surface area contributed by atoms with Crippen LogP contribution in [0.3, 0.4) is 0 Å². The molecule has 2 aromatic rings. The molecule has 1 N–H and O–H groups in total. The zero-order chi connectivity index (χ0) is 14.7. The number of aliphatic carboxylic acids is 1. The Morgan fingerprint density at radius 1 is 1.55 bits per heavy atom. The van der Waals surface area contributed by atoms with Crippen molar-refractivity contribution in [2.45, 2.75) is 12.1 Å². The van der Waals surface area contributed by atoms with E-state index in [0.29, 0.717) is 27.3 Å². The Kier molecular flexibility index (Phi) is 4.27. The van der Waals surface area contributed by atoms with Crippen LogP contribution < -0.4 is 0 Å². The van der Waals surface area contributed by atoms with E-state index in [0.717, 1.165) is 11.8 Å². The zero-order valence-electron chi connectivity index (χ0n) is 10.4.